The fourth-order valence-electron chi connectivity index (χ4n) is 3.50. The summed E-state index contributed by atoms with van der Waals surface area (Å²) < 4.78 is 16.3. The van der Waals surface area contributed by atoms with Gasteiger partial charge in [0.1, 0.15) is 11.5 Å². The fourth-order valence-corrected chi connectivity index (χ4v) is 3.50. The van der Waals surface area contributed by atoms with Gasteiger partial charge in [0.2, 0.25) is 6.79 Å². The van der Waals surface area contributed by atoms with Crippen molar-refractivity contribution in [1.82, 2.24) is 5.32 Å². The molecule has 0 saturated heterocycles. The molecular weight excluding hydrogens is 382 g/mol. The molecule has 0 unspecified atom stereocenters. The zero-order valence-corrected chi connectivity index (χ0v) is 17.1. The van der Waals surface area contributed by atoms with E-state index in [4.69, 9.17) is 14.2 Å². The summed E-state index contributed by atoms with van der Waals surface area (Å²) in [5, 5.41) is 12.9. The van der Waals surface area contributed by atoms with Gasteiger partial charge in [-0.3, -0.25) is 4.79 Å². The average Bonchev–Trinajstić information content (AvgIpc) is 3.20. The molecular formula is C24H23NO5. The Hall–Kier alpha value is -3.67. The van der Waals surface area contributed by atoms with Crippen molar-refractivity contribution in [2.75, 3.05) is 13.9 Å². The number of aryl methyl sites for hydroxylation is 2. The van der Waals surface area contributed by atoms with Crippen LogP contribution in [0.25, 0.3) is 11.1 Å². The summed E-state index contributed by atoms with van der Waals surface area (Å²) >= 11 is 0. The number of rotatable bonds is 5. The number of nitrogens with one attached hydrogen (secondary N) is 1. The van der Waals surface area contributed by atoms with Crippen LogP contribution in [0, 0.1) is 13.8 Å². The van der Waals surface area contributed by atoms with Crippen molar-refractivity contribution < 1.29 is 24.1 Å². The molecule has 30 heavy (non-hydrogen) atoms. The molecule has 1 aliphatic rings. The first-order valence-electron chi connectivity index (χ1n) is 9.61. The van der Waals surface area contributed by atoms with Crippen LogP contribution in [0.5, 0.6) is 23.0 Å². The Balaban J connectivity index is 1.63. The number of carbonyl (C=O) groups is 1. The number of hydrogen-bond acceptors (Lipinski definition) is 5. The molecule has 1 heterocycles. The molecule has 0 spiro atoms. The van der Waals surface area contributed by atoms with Crippen LogP contribution in [-0.4, -0.2) is 24.9 Å². The van der Waals surface area contributed by atoms with Crippen LogP contribution in [0.3, 0.4) is 0 Å². The second-order valence-corrected chi connectivity index (χ2v) is 7.25. The molecule has 2 N–H and O–H groups in total. The number of fused-ring (bicyclic) bond motifs is 1. The summed E-state index contributed by atoms with van der Waals surface area (Å²) in [6, 6.07) is 14.7. The Labute approximate surface area is 175 Å². The summed E-state index contributed by atoms with van der Waals surface area (Å²) in [5.74, 6) is 1.76. The maximum atomic E-state index is 12.9. The third kappa shape index (κ3) is 3.76. The smallest absolute Gasteiger partial charge is 0.255 e. The number of aromatic hydroxyl groups is 1. The Morgan fingerprint density at radius 2 is 1.87 bits per heavy atom. The molecule has 154 valence electrons. The van der Waals surface area contributed by atoms with E-state index in [2.05, 4.69) is 5.32 Å². The Kier molecular flexibility index (Phi) is 5.23. The topological polar surface area (TPSA) is 77.0 Å². The van der Waals surface area contributed by atoms with Crippen molar-refractivity contribution in [3.8, 4) is 34.1 Å². The van der Waals surface area contributed by atoms with Crippen molar-refractivity contribution >= 4 is 5.91 Å². The minimum absolute atomic E-state index is 0.159. The lowest BCUT2D eigenvalue weighted by Gasteiger charge is -2.15. The molecule has 0 atom stereocenters. The summed E-state index contributed by atoms with van der Waals surface area (Å²) in [6.07, 6.45) is 0. The van der Waals surface area contributed by atoms with Gasteiger partial charge < -0.3 is 24.6 Å². The van der Waals surface area contributed by atoms with Crippen molar-refractivity contribution in [3.05, 3.63) is 70.8 Å². The molecule has 1 aliphatic heterocycles. The number of hydrogen-bond donors (Lipinski definition) is 2. The van der Waals surface area contributed by atoms with Gasteiger partial charge in [-0.2, -0.15) is 0 Å². The Morgan fingerprint density at radius 3 is 2.63 bits per heavy atom. The zero-order chi connectivity index (χ0) is 21.3. The third-order valence-corrected chi connectivity index (χ3v) is 5.15. The number of ether oxygens (including phenoxy) is 3. The second kappa shape index (κ2) is 7.99. The fraction of sp³-hybridized carbons (Fsp3) is 0.208. The van der Waals surface area contributed by atoms with Gasteiger partial charge in [0.05, 0.1) is 12.7 Å². The van der Waals surface area contributed by atoms with E-state index in [1.165, 1.54) is 7.11 Å². The van der Waals surface area contributed by atoms with Gasteiger partial charge in [-0.25, -0.2) is 0 Å². The molecule has 4 rings (SSSR count). The van der Waals surface area contributed by atoms with Crippen LogP contribution in [0.4, 0.5) is 0 Å². The number of phenols is 1. The maximum absolute atomic E-state index is 12.9. The highest BCUT2D eigenvalue weighted by atomic mass is 16.7. The van der Waals surface area contributed by atoms with E-state index >= 15 is 0 Å². The molecule has 0 aliphatic carbocycles. The summed E-state index contributed by atoms with van der Waals surface area (Å²) in [5.41, 5.74) is 4.81. The standard InChI is InChI=1S/C24H23NO5/c1-14-4-5-17(20(26)8-14)12-25-24(27)19-11-18(15(2)9-22(19)28-3)16-6-7-21-23(10-16)30-13-29-21/h4-11,26H,12-13H2,1-3H3,(H,25,27). The van der Waals surface area contributed by atoms with Crippen LogP contribution in [0.1, 0.15) is 27.0 Å². The lowest BCUT2D eigenvalue weighted by molar-refractivity contribution is 0.0947. The average molecular weight is 405 g/mol. The van der Waals surface area contributed by atoms with Crippen molar-refractivity contribution in [2.45, 2.75) is 20.4 Å². The van der Waals surface area contributed by atoms with E-state index in [0.29, 0.717) is 28.4 Å². The second-order valence-electron chi connectivity index (χ2n) is 7.25. The van der Waals surface area contributed by atoms with Gasteiger partial charge in [0, 0.05) is 12.1 Å². The highest BCUT2D eigenvalue weighted by molar-refractivity contribution is 5.98. The van der Waals surface area contributed by atoms with E-state index in [0.717, 1.165) is 22.3 Å². The van der Waals surface area contributed by atoms with Crippen LogP contribution in [0.15, 0.2) is 48.5 Å². The molecule has 0 aromatic heterocycles. The highest BCUT2D eigenvalue weighted by Gasteiger charge is 2.19. The van der Waals surface area contributed by atoms with Gasteiger partial charge >= 0.3 is 0 Å². The van der Waals surface area contributed by atoms with Gasteiger partial charge in [-0.15, -0.1) is 0 Å². The van der Waals surface area contributed by atoms with Crippen molar-refractivity contribution in [2.24, 2.45) is 0 Å². The Morgan fingerprint density at radius 1 is 1.07 bits per heavy atom. The molecule has 1 amide bonds. The van der Waals surface area contributed by atoms with E-state index in [1.54, 1.807) is 12.1 Å². The normalized spacial score (nSPS) is 12.0. The molecule has 3 aromatic carbocycles. The first-order valence-corrected chi connectivity index (χ1v) is 9.61. The summed E-state index contributed by atoms with van der Waals surface area (Å²) in [6.45, 7) is 4.28. The third-order valence-electron chi connectivity index (χ3n) is 5.15. The molecule has 0 fully saturated rings. The van der Waals surface area contributed by atoms with E-state index in [1.807, 2.05) is 50.2 Å². The first kappa shape index (κ1) is 19.6. The van der Waals surface area contributed by atoms with Gasteiger partial charge in [-0.05, 0) is 66.4 Å². The van der Waals surface area contributed by atoms with Gasteiger partial charge in [0.25, 0.3) is 5.91 Å². The van der Waals surface area contributed by atoms with Crippen LogP contribution in [0.2, 0.25) is 0 Å². The number of methoxy groups -OCH3 is 1. The lowest BCUT2D eigenvalue weighted by atomic mass is 9.96. The zero-order valence-electron chi connectivity index (χ0n) is 17.1. The predicted molar refractivity (Wildman–Crippen MR) is 113 cm³/mol. The lowest BCUT2D eigenvalue weighted by Crippen LogP contribution is -2.23. The number of phenolic OH excluding ortho intramolecular Hbond substituents is 1. The molecule has 3 aromatic rings. The number of amides is 1. The van der Waals surface area contributed by atoms with Crippen LogP contribution in [-0.2, 0) is 6.54 Å². The van der Waals surface area contributed by atoms with Crippen LogP contribution >= 0.6 is 0 Å². The molecule has 0 saturated carbocycles. The Bertz CT molecular complexity index is 1120. The van der Waals surface area contributed by atoms with E-state index in [-0.39, 0.29) is 25.0 Å². The molecule has 6 heteroatoms. The summed E-state index contributed by atoms with van der Waals surface area (Å²) in [4.78, 5) is 12.9. The van der Waals surface area contributed by atoms with Crippen molar-refractivity contribution in [1.29, 1.82) is 0 Å². The molecule has 0 radical (unpaired) electrons. The monoisotopic (exact) mass is 405 g/mol. The number of carbonyl (C=O) groups excluding carboxylic acids is 1. The SMILES string of the molecule is COc1cc(C)c(-c2ccc3c(c2)OCO3)cc1C(=O)NCc1ccc(C)cc1O. The van der Waals surface area contributed by atoms with E-state index in [9.17, 15) is 9.90 Å². The van der Waals surface area contributed by atoms with Crippen LogP contribution < -0.4 is 19.5 Å². The first-order chi connectivity index (χ1) is 14.5. The van der Waals surface area contributed by atoms with Gasteiger partial charge in [-0.1, -0.05) is 18.2 Å². The van der Waals surface area contributed by atoms with Crippen molar-refractivity contribution in [3.63, 3.8) is 0 Å². The van der Waals surface area contributed by atoms with E-state index < -0.39 is 0 Å². The minimum Gasteiger partial charge on any atom is -0.508 e. The molecule has 6 nitrogen and oxygen atoms in total. The minimum atomic E-state index is -0.284. The maximum Gasteiger partial charge on any atom is 0.255 e. The summed E-state index contributed by atoms with van der Waals surface area (Å²) in [7, 11) is 1.54. The number of benzene rings is 3. The highest BCUT2D eigenvalue weighted by Crippen LogP contribution is 2.38. The quantitative estimate of drug-likeness (QED) is 0.660. The predicted octanol–water partition coefficient (Wildman–Crippen LogP) is 4.34. The largest absolute Gasteiger partial charge is 0.508 e. The van der Waals surface area contributed by atoms with Gasteiger partial charge in [0.15, 0.2) is 11.5 Å². The molecule has 0 bridgehead atoms.